The van der Waals surface area contributed by atoms with Crippen LogP contribution in [0.4, 0.5) is 0 Å². The van der Waals surface area contributed by atoms with Gasteiger partial charge in [0.15, 0.2) is 0 Å². The zero-order chi connectivity index (χ0) is 50.1. The lowest BCUT2D eigenvalue weighted by Crippen LogP contribution is -2.59. The molecule has 0 bridgehead atoms. The van der Waals surface area contributed by atoms with Crippen molar-refractivity contribution in [1.82, 2.24) is 55.7 Å². The van der Waals surface area contributed by atoms with E-state index in [9.17, 15) is 29.5 Å². The number of thiazole rings is 1. The number of piperidine rings is 1. The van der Waals surface area contributed by atoms with Gasteiger partial charge in [-0.05, 0) is 113 Å². The summed E-state index contributed by atoms with van der Waals surface area (Å²) in [5.74, 6) is -0.782. The number of aliphatic hydroxyl groups excluding tert-OH is 1. The third kappa shape index (κ3) is 13.3. The summed E-state index contributed by atoms with van der Waals surface area (Å²) in [6.07, 6.45) is 4.84. The first-order valence-electron chi connectivity index (χ1n) is 24.1. The standard InChI is InChI=1S/C51H66N12O6S/c1-31(26-62-21-18-42(60-62)41-15-14-38(25-52)33(3)55-41)54-48(66)43-23-39(58-59-43)29-69-22-8-9-35-16-19-61(20-17-35)28-45(65)57-47(51(5,6)7)50(68)63-27-40(64)24-44(63)49(67)56-32(2)36-10-12-37(13-11-36)46-34(4)53-30-70-46/h10-15,18,21,23,30-32,35,40,44,47,64H,8-9,16-17,19-20,22,24,26-29H2,1-7H3,(H,54,66)(H,56,67)(H,57,65)(H,58,59)/t31-,32-,40+,44-,47+/m0/s1. The van der Waals surface area contributed by atoms with E-state index in [4.69, 9.17) is 4.74 Å². The summed E-state index contributed by atoms with van der Waals surface area (Å²) in [4.78, 5) is 67.9. The van der Waals surface area contributed by atoms with Crippen molar-refractivity contribution in [3.8, 4) is 27.9 Å². The van der Waals surface area contributed by atoms with Gasteiger partial charge in [-0.25, -0.2) is 4.98 Å². The molecular weight excluding hydrogens is 909 g/mol. The summed E-state index contributed by atoms with van der Waals surface area (Å²) < 4.78 is 7.67. The van der Waals surface area contributed by atoms with Crippen molar-refractivity contribution in [1.29, 1.82) is 5.26 Å². The molecule has 5 atom stereocenters. The van der Waals surface area contributed by atoms with Crippen molar-refractivity contribution >= 4 is 35.0 Å². The highest BCUT2D eigenvalue weighted by molar-refractivity contribution is 7.13. The molecule has 70 heavy (non-hydrogen) atoms. The van der Waals surface area contributed by atoms with E-state index in [1.165, 1.54) is 4.90 Å². The van der Waals surface area contributed by atoms with Gasteiger partial charge in [0.05, 0.1) is 70.6 Å². The van der Waals surface area contributed by atoms with E-state index in [0.29, 0.717) is 54.0 Å². The van der Waals surface area contributed by atoms with Crippen LogP contribution in [-0.4, -0.2) is 125 Å². The molecular formula is C51H66N12O6S. The van der Waals surface area contributed by atoms with E-state index in [0.717, 1.165) is 60.5 Å². The normalized spacial score (nSPS) is 18.0. The number of rotatable bonds is 19. The Labute approximate surface area is 413 Å². The van der Waals surface area contributed by atoms with Gasteiger partial charge in [-0.1, -0.05) is 45.0 Å². The molecule has 2 fully saturated rings. The molecule has 0 saturated carbocycles. The van der Waals surface area contributed by atoms with Crippen molar-refractivity contribution in [3.05, 3.63) is 94.1 Å². The quantitative estimate of drug-likeness (QED) is 0.0648. The van der Waals surface area contributed by atoms with Gasteiger partial charge in [0, 0.05) is 31.8 Å². The third-order valence-electron chi connectivity index (χ3n) is 13.1. The number of hydrogen-bond acceptors (Lipinski definition) is 13. The van der Waals surface area contributed by atoms with Gasteiger partial charge in [-0.2, -0.15) is 15.5 Å². The number of carbonyl (C=O) groups excluding carboxylic acids is 4. The number of aliphatic hydroxyl groups is 1. The van der Waals surface area contributed by atoms with Crippen LogP contribution in [0.25, 0.3) is 21.8 Å². The zero-order valence-corrected chi connectivity index (χ0v) is 42.0. The maximum Gasteiger partial charge on any atom is 0.272 e. The lowest BCUT2D eigenvalue weighted by molar-refractivity contribution is -0.144. The predicted molar refractivity (Wildman–Crippen MR) is 265 cm³/mol. The number of aromatic nitrogens is 6. The Hall–Kier alpha value is -6.33. The Kier molecular flexibility index (Phi) is 17.0. The maximum atomic E-state index is 14.2. The van der Waals surface area contributed by atoms with E-state index in [1.807, 2.05) is 83.6 Å². The number of aromatic amines is 1. The summed E-state index contributed by atoms with van der Waals surface area (Å²) in [6.45, 7) is 16.2. The maximum absolute atomic E-state index is 14.2. The average molecular weight is 975 g/mol. The molecule has 2 aliphatic rings. The molecule has 2 aliphatic heterocycles. The molecule has 19 heteroatoms. The second kappa shape index (κ2) is 23.1. The first kappa shape index (κ1) is 51.5. The lowest BCUT2D eigenvalue weighted by atomic mass is 9.85. The minimum Gasteiger partial charge on any atom is -0.391 e. The van der Waals surface area contributed by atoms with E-state index in [1.54, 1.807) is 41.1 Å². The second-order valence-electron chi connectivity index (χ2n) is 19.8. The van der Waals surface area contributed by atoms with Crippen LogP contribution >= 0.6 is 11.3 Å². The second-order valence-corrected chi connectivity index (χ2v) is 20.7. The number of β-amino-alcohol motifs (C(OH)–C–C–N with tert-alkyl or cyclic N) is 1. The van der Waals surface area contributed by atoms with Crippen LogP contribution in [0, 0.1) is 36.5 Å². The Morgan fingerprint density at radius 2 is 1.76 bits per heavy atom. The fourth-order valence-electron chi connectivity index (χ4n) is 9.11. The number of hydrogen-bond donors (Lipinski definition) is 5. The van der Waals surface area contributed by atoms with Crippen LogP contribution in [0.15, 0.2) is 60.2 Å². The number of amides is 4. The number of nitrogens with one attached hydrogen (secondary N) is 4. The number of nitrogens with zero attached hydrogens (tertiary/aromatic N) is 8. The highest BCUT2D eigenvalue weighted by atomic mass is 32.1. The van der Waals surface area contributed by atoms with Gasteiger partial charge in [0.1, 0.15) is 29.5 Å². The van der Waals surface area contributed by atoms with Crippen molar-refractivity contribution < 1.29 is 29.0 Å². The predicted octanol–water partition coefficient (Wildman–Crippen LogP) is 5.48. The molecule has 0 aliphatic carbocycles. The van der Waals surface area contributed by atoms with Gasteiger partial charge >= 0.3 is 0 Å². The van der Waals surface area contributed by atoms with E-state index in [-0.39, 0.29) is 60.9 Å². The van der Waals surface area contributed by atoms with E-state index >= 15 is 0 Å². The summed E-state index contributed by atoms with van der Waals surface area (Å²) in [6, 6.07) is 14.8. The summed E-state index contributed by atoms with van der Waals surface area (Å²) >= 11 is 1.58. The molecule has 18 nitrogen and oxygen atoms in total. The molecule has 7 rings (SSSR count). The summed E-state index contributed by atoms with van der Waals surface area (Å²) in [5.41, 5.74) is 7.61. The summed E-state index contributed by atoms with van der Waals surface area (Å²) in [5, 5.41) is 40.6. The van der Waals surface area contributed by atoms with Gasteiger partial charge in [-0.3, -0.25) is 38.8 Å². The molecule has 6 heterocycles. The number of carbonyl (C=O) groups is 4. The van der Waals surface area contributed by atoms with Crippen molar-refractivity contribution in [2.45, 2.75) is 124 Å². The van der Waals surface area contributed by atoms with Gasteiger partial charge in [0.25, 0.3) is 5.91 Å². The van der Waals surface area contributed by atoms with Gasteiger partial charge < -0.3 is 30.7 Å². The SMILES string of the molecule is Cc1nc(-c2ccn(C[C@H](C)NC(=O)c3cc(COCCCC4CCN(CC(=O)N[C@H](C(=O)N5C[C@H](O)C[C@H]5C(=O)N[C@@H](C)c5ccc(-c6scnc6C)cc5)C(C)(C)C)CC4)[nH]n3)n2)ccc1C#N. The fraction of sp³-hybridized carbons (Fsp3) is 0.510. The highest BCUT2D eigenvalue weighted by Crippen LogP contribution is 2.30. The van der Waals surface area contributed by atoms with Crippen LogP contribution in [0.1, 0.15) is 111 Å². The number of aryl methyl sites for hydroxylation is 2. The number of likely N-dealkylation sites (tertiary alicyclic amines) is 2. The first-order valence-corrected chi connectivity index (χ1v) is 25.0. The minimum atomic E-state index is -0.897. The number of benzene rings is 1. The molecule has 4 amide bonds. The largest absolute Gasteiger partial charge is 0.391 e. The van der Waals surface area contributed by atoms with E-state index < -0.39 is 23.6 Å². The van der Waals surface area contributed by atoms with Crippen LogP contribution in [0.3, 0.4) is 0 Å². The van der Waals surface area contributed by atoms with Crippen LogP contribution in [0.5, 0.6) is 0 Å². The van der Waals surface area contributed by atoms with Crippen LogP contribution in [0.2, 0.25) is 0 Å². The Bertz CT molecular complexity index is 2640. The molecule has 0 radical (unpaired) electrons. The Balaban J connectivity index is 0.791. The van der Waals surface area contributed by atoms with Gasteiger partial charge in [0.2, 0.25) is 17.7 Å². The molecule has 1 aromatic carbocycles. The number of H-pyrrole nitrogens is 1. The van der Waals surface area contributed by atoms with Crippen LogP contribution in [-0.2, 0) is 32.3 Å². The molecule has 0 spiro atoms. The zero-order valence-electron chi connectivity index (χ0n) is 41.2. The smallest absolute Gasteiger partial charge is 0.272 e. The first-order chi connectivity index (χ1) is 33.4. The van der Waals surface area contributed by atoms with Crippen molar-refractivity contribution in [2.24, 2.45) is 11.3 Å². The lowest BCUT2D eigenvalue weighted by Gasteiger charge is -2.36. The Morgan fingerprint density at radius 1 is 1.00 bits per heavy atom. The molecule has 0 unspecified atom stereocenters. The van der Waals surface area contributed by atoms with Crippen LogP contribution < -0.4 is 16.0 Å². The number of ether oxygens (including phenoxy) is 1. The minimum absolute atomic E-state index is 0.0104. The fourth-order valence-corrected chi connectivity index (χ4v) is 9.92. The number of nitriles is 1. The molecule has 5 aromatic rings. The van der Waals surface area contributed by atoms with Crippen molar-refractivity contribution in [3.63, 3.8) is 0 Å². The monoisotopic (exact) mass is 974 g/mol. The average Bonchev–Trinajstić information content (AvgIpc) is 4.16. The molecule has 372 valence electrons. The topological polar surface area (TPSA) is 236 Å². The third-order valence-corrected chi connectivity index (χ3v) is 14.1. The highest BCUT2D eigenvalue weighted by Gasteiger charge is 2.45. The van der Waals surface area contributed by atoms with E-state index in [2.05, 4.69) is 52.2 Å². The number of pyridine rings is 1. The van der Waals surface area contributed by atoms with Crippen molar-refractivity contribution in [2.75, 3.05) is 32.8 Å². The Morgan fingerprint density at radius 3 is 2.44 bits per heavy atom. The molecule has 4 aromatic heterocycles. The van der Waals surface area contributed by atoms with Gasteiger partial charge in [-0.15, -0.1) is 11.3 Å². The molecule has 2 saturated heterocycles. The molecule has 5 N–H and O–H groups in total. The summed E-state index contributed by atoms with van der Waals surface area (Å²) in [7, 11) is 0.